The number of benzene rings is 1. The summed E-state index contributed by atoms with van der Waals surface area (Å²) >= 11 is 0. The SMILES string of the molecule is Cc1nc(Nc2cccc(N3CCCC3)c2)nc(N(C)C)n1. The Morgan fingerprint density at radius 3 is 2.59 bits per heavy atom. The van der Waals surface area contributed by atoms with Crippen LogP contribution < -0.4 is 15.1 Å². The molecule has 1 fully saturated rings. The molecule has 0 radical (unpaired) electrons. The first-order valence-corrected chi connectivity index (χ1v) is 7.64. The third-order valence-electron chi connectivity index (χ3n) is 3.71. The summed E-state index contributed by atoms with van der Waals surface area (Å²) in [4.78, 5) is 17.4. The number of rotatable bonds is 4. The lowest BCUT2D eigenvalue weighted by atomic mass is 10.2. The molecule has 1 saturated heterocycles. The Labute approximate surface area is 131 Å². The Kier molecular flexibility index (Phi) is 4.09. The maximum absolute atomic E-state index is 4.43. The standard InChI is InChI=1S/C16H22N6/c1-12-17-15(20-16(18-12)21(2)3)19-13-7-6-8-14(11-13)22-9-4-5-10-22/h6-8,11H,4-5,9-10H2,1-3H3,(H,17,18,19,20). The first-order chi connectivity index (χ1) is 10.6. The molecule has 6 heteroatoms. The van der Waals surface area contributed by atoms with Crippen LogP contribution in [0.4, 0.5) is 23.3 Å². The van der Waals surface area contributed by atoms with Crippen LogP contribution in [-0.4, -0.2) is 42.1 Å². The van der Waals surface area contributed by atoms with Gasteiger partial charge in [0, 0.05) is 38.6 Å². The van der Waals surface area contributed by atoms with Gasteiger partial charge in [0.15, 0.2) is 0 Å². The molecule has 0 aliphatic carbocycles. The van der Waals surface area contributed by atoms with Gasteiger partial charge in [-0.3, -0.25) is 0 Å². The number of aromatic nitrogens is 3. The average Bonchev–Trinajstić information content (AvgIpc) is 3.01. The lowest BCUT2D eigenvalue weighted by Gasteiger charge is -2.18. The number of aryl methyl sites for hydroxylation is 1. The van der Waals surface area contributed by atoms with E-state index < -0.39 is 0 Å². The Morgan fingerprint density at radius 1 is 1.09 bits per heavy atom. The molecular formula is C16H22N6. The predicted octanol–water partition coefficient (Wildman–Crippen LogP) is 2.59. The van der Waals surface area contributed by atoms with Crippen molar-refractivity contribution in [2.75, 3.05) is 42.3 Å². The zero-order valence-corrected chi connectivity index (χ0v) is 13.4. The second-order valence-electron chi connectivity index (χ2n) is 5.77. The molecule has 3 rings (SSSR count). The Morgan fingerprint density at radius 2 is 1.86 bits per heavy atom. The van der Waals surface area contributed by atoms with Gasteiger partial charge in [-0.1, -0.05) is 6.07 Å². The summed E-state index contributed by atoms with van der Waals surface area (Å²) in [6.07, 6.45) is 2.55. The predicted molar refractivity (Wildman–Crippen MR) is 90.1 cm³/mol. The lowest BCUT2D eigenvalue weighted by molar-refractivity contribution is 0.923. The molecule has 0 spiro atoms. The topological polar surface area (TPSA) is 57.2 Å². The third-order valence-corrected chi connectivity index (χ3v) is 3.71. The first-order valence-electron chi connectivity index (χ1n) is 7.64. The van der Waals surface area contributed by atoms with E-state index in [4.69, 9.17) is 0 Å². The molecule has 2 heterocycles. The molecule has 1 aromatic carbocycles. The fourth-order valence-corrected chi connectivity index (χ4v) is 2.61. The molecule has 0 saturated carbocycles. The summed E-state index contributed by atoms with van der Waals surface area (Å²) < 4.78 is 0. The minimum absolute atomic E-state index is 0.578. The van der Waals surface area contributed by atoms with Crippen molar-refractivity contribution in [2.45, 2.75) is 19.8 Å². The van der Waals surface area contributed by atoms with E-state index >= 15 is 0 Å². The second kappa shape index (κ2) is 6.17. The number of hydrogen-bond acceptors (Lipinski definition) is 6. The molecule has 0 amide bonds. The zero-order valence-electron chi connectivity index (χ0n) is 13.4. The quantitative estimate of drug-likeness (QED) is 0.936. The van der Waals surface area contributed by atoms with Crippen molar-refractivity contribution in [3.05, 3.63) is 30.1 Å². The van der Waals surface area contributed by atoms with Crippen LogP contribution in [0.5, 0.6) is 0 Å². The maximum atomic E-state index is 4.43. The van der Waals surface area contributed by atoms with Gasteiger partial charge in [-0.2, -0.15) is 15.0 Å². The molecule has 1 N–H and O–H groups in total. The molecule has 0 atom stereocenters. The highest BCUT2D eigenvalue weighted by atomic mass is 15.3. The average molecular weight is 298 g/mol. The highest BCUT2D eigenvalue weighted by Gasteiger charge is 2.13. The molecule has 0 unspecified atom stereocenters. The highest BCUT2D eigenvalue weighted by molar-refractivity contribution is 5.62. The van der Waals surface area contributed by atoms with Crippen LogP contribution in [0, 0.1) is 6.92 Å². The lowest BCUT2D eigenvalue weighted by Crippen LogP contribution is -2.17. The van der Waals surface area contributed by atoms with Gasteiger partial charge in [-0.05, 0) is 38.0 Å². The number of hydrogen-bond donors (Lipinski definition) is 1. The summed E-state index contributed by atoms with van der Waals surface area (Å²) in [5.41, 5.74) is 2.25. The fraction of sp³-hybridized carbons (Fsp3) is 0.438. The second-order valence-corrected chi connectivity index (χ2v) is 5.77. The molecule has 6 nitrogen and oxygen atoms in total. The van der Waals surface area contributed by atoms with Gasteiger partial charge in [0.2, 0.25) is 11.9 Å². The summed E-state index contributed by atoms with van der Waals surface area (Å²) in [6, 6.07) is 8.41. The van der Waals surface area contributed by atoms with Crippen molar-refractivity contribution < 1.29 is 0 Å². The minimum Gasteiger partial charge on any atom is -0.371 e. The van der Waals surface area contributed by atoms with E-state index in [2.05, 4.69) is 43.4 Å². The largest absolute Gasteiger partial charge is 0.371 e. The van der Waals surface area contributed by atoms with Gasteiger partial charge in [0.1, 0.15) is 5.82 Å². The first kappa shape index (κ1) is 14.6. The van der Waals surface area contributed by atoms with Crippen LogP contribution >= 0.6 is 0 Å². The normalized spacial score (nSPS) is 14.2. The summed E-state index contributed by atoms with van der Waals surface area (Å²) in [7, 11) is 3.85. The van der Waals surface area contributed by atoms with Gasteiger partial charge < -0.3 is 15.1 Å². The molecular weight excluding hydrogens is 276 g/mol. The van der Waals surface area contributed by atoms with Crippen LogP contribution in [0.2, 0.25) is 0 Å². The molecule has 1 aliphatic rings. The van der Waals surface area contributed by atoms with Crippen molar-refractivity contribution in [2.24, 2.45) is 0 Å². The molecule has 22 heavy (non-hydrogen) atoms. The van der Waals surface area contributed by atoms with Crippen molar-refractivity contribution in [3.8, 4) is 0 Å². The molecule has 0 bridgehead atoms. The van der Waals surface area contributed by atoms with Gasteiger partial charge in [0.25, 0.3) is 0 Å². The van der Waals surface area contributed by atoms with Crippen LogP contribution in [-0.2, 0) is 0 Å². The Bertz CT molecular complexity index is 649. The van der Waals surface area contributed by atoms with Crippen molar-refractivity contribution >= 4 is 23.3 Å². The Balaban J connectivity index is 1.82. The van der Waals surface area contributed by atoms with E-state index in [-0.39, 0.29) is 0 Å². The van der Waals surface area contributed by atoms with E-state index in [1.807, 2.05) is 32.0 Å². The summed E-state index contributed by atoms with van der Waals surface area (Å²) in [5.74, 6) is 1.94. The van der Waals surface area contributed by atoms with E-state index in [9.17, 15) is 0 Å². The van der Waals surface area contributed by atoms with Crippen LogP contribution in [0.25, 0.3) is 0 Å². The monoisotopic (exact) mass is 298 g/mol. The molecule has 2 aromatic rings. The van der Waals surface area contributed by atoms with Crippen molar-refractivity contribution in [1.29, 1.82) is 0 Å². The van der Waals surface area contributed by atoms with Crippen LogP contribution in [0.15, 0.2) is 24.3 Å². The van der Waals surface area contributed by atoms with E-state index in [0.29, 0.717) is 17.7 Å². The van der Waals surface area contributed by atoms with Gasteiger partial charge in [-0.25, -0.2) is 0 Å². The minimum atomic E-state index is 0.578. The van der Waals surface area contributed by atoms with Crippen molar-refractivity contribution in [3.63, 3.8) is 0 Å². The smallest absolute Gasteiger partial charge is 0.232 e. The number of nitrogens with one attached hydrogen (secondary N) is 1. The van der Waals surface area contributed by atoms with Gasteiger partial charge in [-0.15, -0.1) is 0 Å². The van der Waals surface area contributed by atoms with Crippen molar-refractivity contribution in [1.82, 2.24) is 15.0 Å². The molecule has 116 valence electrons. The number of anilines is 4. The summed E-state index contributed by atoms with van der Waals surface area (Å²) in [6.45, 7) is 4.15. The van der Waals surface area contributed by atoms with Gasteiger partial charge >= 0.3 is 0 Å². The van der Waals surface area contributed by atoms with E-state index in [0.717, 1.165) is 18.8 Å². The molecule has 1 aromatic heterocycles. The van der Waals surface area contributed by atoms with E-state index in [1.54, 1.807) is 0 Å². The highest BCUT2D eigenvalue weighted by Crippen LogP contribution is 2.24. The van der Waals surface area contributed by atoms with Crippen LogP contribution in [0.3, 0.4) is 0 Å². The fourth-order valence-electron chi connectivity index (χ4n) is 2.61. The van der Waals surface area contributed by atoms with Gasteiger partial charge in [0.05, 0.1) is 0 Å². The van der Waals surface area contributed by atoms with Crippen LogP contribution in [0.1, 0.15) is 18.7 Å². The Hall–Kier alpha value is -2.37. The van der Waals surface area contributed by atoms with E-state index in [1.165, 1.54) is 18.5 Å². The third kappa shape index (κ3) is 3.27. The zero-order chi connectivity index (χ0) is 15.5. The summed E-state index contributed by atoms with van der Waals surface area (Å²) in [5, 5.41) is 3.29. The molecule has 1 aliphatic heterocycles. The maximum Gasteiger partial charge on any atom is 0.232 e. The number of nitrogens with zero attached hydrogens (tertiary/aromatic N) is 5.